The molecule has 27 heavy (non-hydrogen) atoms. The van der Waals surface area contributed by atoms with E-state index in [4.69, 9.17) is 0 Å². The number of aryl methyl sites for hydroxylation is 1. The minimum Gasteiger partial charge on any atom is -0.345 e. The van der Waals surface area contributed by atoms with E-state index in [0.717, 1.165) is 43.3 Å². The summed E-state index contributed by atoms with van der Waals surface area (Å²) in [5.41, 5.74) is 5.78. The van der Waals surface area contributed by atoms with Crippen molar-refractivity contribution in [1.82, 2.24) is 14.9 Å². The molecule has 5 heteroatoms. The molecule has 3 aromatic rings. The van der Waals surface area contributed by atoms with E-state index in [9.17, 15) is 10.1 Å². The molecule has 2 aromatic carbocycles. The van der Waals surface area contributed by atoms with Gasteiger partial charge in [-0.25, -0.2) is 4.98 Å². The molecule has 0 unspecified atom stereocenters. The van der Waals surface area contributed by atoms with Gasteiger partial charge in [-0.05, 0) is 67.1 Å². The number of hydrogen-bond donors (Lipinski definition) is 1. The number of carbonyl (C=O) groups excluding carboxylic acids is 1. The predicted octanol–water partition coefficient (Wildman–Crippen LogP) is 3.77. The highest BCUT2D eigenvalue weighted by atomic mass is 16.2. The second-order valence-corrected chi connectivity index (χ2v) is 7.51. The van der Waals surface area contributed by atoms with E-state index in [1.54, 1.807) is 6.33 Å². The Bertz CT molecular complexity index is 1080. The fraction of sp³-hybridized carbons (Fsp3) is 0.318. The Labute approximate surface area is 157 Å². The molecule has 5 rings (SSSR count). The molecule has 0 saturated carbocycles. The average Bonchev–Trinajstić information content (AvgIpc) is 3.20. The first-order chi connectivity index (χ1) is 13.2. The van der Waals surface area contributed by atoms with E-state index in [1.807, 2.05) is 30.3 Å². The molecular weight excluding hydrogens is 336 g/mol. The lowest BCUT2D eigenvalue weighted by Crippen LogP contribution is -2.49. The molecule has 1 aromatic heterocycles. The van der Waals surface area contributed by atoms with Gasteiger partial charge in [-0.1, -0.05) is 6.07 Å². The van der Waals surface area contributed by atoms with Gasteiger partial charge in [-0.2, -0.15) is 5.26 Å². The number of aromatic nitrogens is 2. The number of nitrogens with zero attached hydrogens (tertiary/aromatic N) is 3. The number of nitriles is 1. The van der Waals surface area contributed by atoms with E-state index < -0.39 is 0 Å². The van der Waals surface area contributed by atoms with Gasteiger partial charge in [0.1, 0.15) is 0 Å². The van der Waals surface area contributed by atoms with Gasteiger partial charge in [-0.15, -0.1) is 0 Å². The van der Waals surface area contributed by atoms with E-state index >= 15 is 0 Å². The Morgan fingerprint density at radius 2 is 2.15 bits per heavy atom. The van der Waals surface area contributed by atoms with Gasteiger partial charge in [0.25, 0.3) is 5.91 Å². The fourth-order valence-electron chi connectivity index (χ4n) is 4.80. The van der Waals surface area contributed by atoms with Crippen molar-refractivity contribution in [1.29, 1.82) is 5.26 Å². The van der Waals surface area contributed by atoms with Crippen LogP contribution < -0.4 is 0 Å². The molecule has 1 N–H and O–H groups in total. The number of benzene rings is 2. The van der Waals surface area contributed by atoms with Crippen molar-refractivity contribution in [2.24, 2.45) is 0 Å². The van der Waals surface area contributed by atoms with Gasteiger partial charge in [0.05, 0.1) is 29.0 Å². The van der Waals surface area contributed by atoms with Crippen LogP contribution in [-0.2, 0) is 6.42 Å². The average molecular weight is 356 g/mol. The number of carbonyl (C=O) groups is 1. The lowest BCUT2D eigenvalue weighted by Gasteiger charge is -2.45. The van der Waals surface area contributed by atoms with Crippen molar-refractivity contribution < 1.29 is 4.79 Å². The van der Waals surface area contributed by atoms with E-state index in [-0.39, 0.29) is 11.9 Å². The van der Waals surface area contributed by atoms with Gasteiger partial charge in [0.15, 0.2) is 0 Å². The molecule has 2 heterocycles. The third-order valence-electron chi connectivity index (χ3n) is 6.09. The van der Waals surface area contributed by atoms with Crippen molar-refractivity contribution >= 4 is 16.9 Å². The molecular formula is C22H20N4O. The first kappa shape index (κ1) is 16.1. The molecule has 1 saturated heterocycles. The van der Waals surface area contributed by atoms with Crippen LogP contribution in [0, 0.1) is 11.3 Å². The Hall–Kier alpha value is -3.13. The topological polar surface area (TPSA) is 72.8 Å². The van der Waals surface area contributed by atoms with E-state index in [2.05, 4.69) is 27.0 Å². The lowest BCUT2D eigenvalue weighted by atomic mass is 9.73. The summed E-state index contributed by atoms with van der Waals surface area (Å²) in [6, 6.07) is 14.2. The first-order valence-corrected chi connectivity index (χ1v) is 9.51. The highest BCUT2D eigenvalue weighted by Crippen LogP contribution is 2.41. The number of aromatic amines is 1. The molecule has 0 bridgehead atoms. The lowest BCUT2D eigenvalue weighted by molar-refractivity contribution is 0.0547. The summed E-state index contributed by atoms with van der Waals surface area (Å²) in [7, 11) is 0. The van der Waals surface area contributed by atoms with Gasteiger partial charge in [-0.3, -0.25) is 4.79 Å². The number of piperidine rings is 1. The van der Waals surface area contributed by atoms with E-state index in [0.29, 0.717) is 17.0 Å². The summed E-state index contributed by atoms with van der Waals surface area (Å²) in [5.74, 6) is 0.420. The number of fused-ring (bicyclic) bond motifs is 4. The Kier molecular flexibility index (Phi) is 3.71. The quantitative estimate of drug-likeness (QED) is 0.721. The molecule has 1 fully saturated rings. The second kappa shape index (κ2) is 6.24. The van der Waals surface area contributed by atoms with Crippen molar-refractivity contribution in [3.63, 3.8) is 0 Å². The maximum absolute atomic E-state index is 13.3. The molecule has 1 aliphatic heterocycles. The van der Waals surface area contributed by atoms with Crippen molar-refractivity contribution in [3.8, 4) is 6.07 Å². The molecule has 0 spiro atoms. The monoisotopic (exact) mass is 356 g/mol. The molecule has 5 nitrogen and oxygen atoms in total. The third-order valence-corrected chi connectivity index (χ3v) is 6.09. The predicted molar refractivity (Wildman–Crippen MR) is 102 cm³/mol. The summed E-state index contributed by atoms with van der Waals surface area (Å²) in [5, 5.41) is 9.27. The molecule has 2 aliphatic rings. The van der Waals surface area contributed by atoms with Crippen molar-refractivity contribution in [2.75, 3.05) is 6.54 Å². The number of nitrogens with one attached hydrogen (secondary N) is 1. The fourth-order valence-corrected chi connectivity index (χ4v) is 4.80. The maximum Gasteiger partial charge on any atom is 0.254 e. The van der Waals surface area contributed by atoms with Crippen LogP contribution in [0.4, 0.5) is 0 Å². The Morgan fingerprint density at radius 1 is 1.22 bits per heavy atom. The Balaban J connectivity index is 1.49. The van der Waals surface area contributed by atoms with Crippen molar-refractivity contribution in [2.45, 2.75) is 37.6 Å². The van der Waals surface area contributed by atoms with Gasteiger partial charge < -0.3 is 9.88 Å². The van der Waals surface area contributed by atoms with Crippen LogP contribution in [0.1, 0.15) is 52.2 Å². The van der Waals surface area contributed by atoms with Crippen LogP contribution >= 0.6 is 0 Å². The van der Waals surface area contributed by atoms with Gasteiger partial charge in [0, 0.05) is 24.1 Å². The molecule has 2 atom stereocenters. The van der Waals surface area contributed by atoms with Crippen LogP contribution in [-0.4, -0.2) is 33.4 Å². The maximum atomic E-state index is 13.3. The zero-order valence-corrected chi connectivity index (χ0v) is 15.0. The second-order valence-electron chi connectivity index (χ2n) is 7.51. The zero-order chi connectivity index (χ0) is 18.4. The summed E-state index contributed by atoms with van der Waals surface area (Å²) >= 11 is 0. The van der Waals surface area contributed by atoms with Crippen molar-refractivity contribution in [3.05, 3.63) is 65.0 Å². The Morgan fingerprint density at radius 3 is 3.04 bits per heavy atom. The van der Waals surface area contributed by atoms with Crippen LogP contribution in [0.15, 0.2) is 42.7 Å². The molecule has 0 radical (unpaired) electrons. The zero-order valence-electron chi connectivity index (χ0n) is 15.0. The number of H-pyrrole nitrogens is 1. The highest BCUT2D eigenvalue weighted by Gasteiger charge is 2.38. The summed E-state index contributed by atoms with van der Waals surface area (Å²) in [6.45, 7) is 0.797. The van der Waals surface area contributed by atoms with Crippen LogP contribution in [0.5, 0.6) is 0 Å². The summed E-state index contributed by atoms with van der Waals surface area (Å²) in [4.78, 5) is 22.7. The minimum atomic E-state index is 0.0921. The summed E-state index contributed by atoms with van der Waals surface area (Å²) in [6.07, 6.45) is 5.67. The first-order valence-electron chi connectivity index (χ1n) is 9.51. The molecule has 1 aliphatic carbocycles. The van der Waals surface area contributed by atoms with Gasteiger partial charge >= 0.3 is 0 Å². The molecule has 1 amide bonds. The smallest absolute Gasteiger partial charge is 0.254 e. The third kappa shape index (κ3) is 2.60. The van der Waals surface area contributed by atoms with Gasteiger partial charge in [0.2, 0.25) is 0 Å². The number of imidazole rings is 1. The highest BCUT2D eigenvalue weighted by molar-refractivity contribution is 5.97. The van der Waals surface area contributed by atoms with Crippen LogP contribution in [0.25, 0.3) is 11.0 Å². The van der Waals surface area contributed by atoms with Crippen LogP contribution in [0.2, 0.25) is 0 Å². The summed E-state index contributed by atoms with van der Waals surface area (Å²) < 4.78 is 0. The largest absolute Gasteiger partial charge is 0.345 e. The number of hydrogen-bond acceptors (Lipinski definition) is 3. The van der Waals surface area contributed by atoms with E-state index in [1.165, 1.54) is 11.1 Å². The SMILES string of the molecule is N#Cc1ccc2c(c1)[C@H]1CCCN(C(=O)c3ccc4[nH]cnc4c3)[C@@H]1CC2. The standard InChI is InChI=1S/C22H20N4O/c23-12-14-3-4-15-6-8-21-17(18(15)10-14)2-1-9-26(21)22(27)16-5-7-19-20(11-16)25-13-24-19/h3-5,7,10-11,13,17,21H,1-2,6,8-9H2,(H,24,25)/t17-,21-/m1/s1. The van der Waals surface area contributed by atoms with Crippen LogP contribution in [0.3, 0.4) is 0 Å². The number of rotatable bonds is 1. The number of amides is 1. The number of likely N-dealkylation sites (tertiary alicyclic amines) is 1. The minimum absolute atomic E-state index is 0.0921. The molecule has 134 valence electrons. The normalized spacial score (nSPS) is 21.4.